The fraction of sp³-hybridized carbons (Fsp3) is 0.231. The molecule has 2 aromatic rings. The molecule has 3 nitrogen and oxygen atoms in total. The predicted octanol–water partition coefficient (Wildman–Crippen LogP) is 2.82. The van der Waals surface area contributed by atoms with Crippen LogP contribution in [0.2, 0.25) is 0 Å². The van der Waals surface area contributed by atoms with Gasteiger partial charge in [-0.3, -0.25) is 4.98 Å². The SMILES string of the molecule is N#CCc1cc(-c2cccnc2)n2c1CSC2. The highest BCUT2D eigenvalue weighted by Crippen LogP contribution is 2.35. The predicted molar refractivity (Wildman–Crippen MR) is 68.3 cm³/mol. The van der Waals surface area contributed by atoms with Crippen LogP contribution in [0.4, 0.5) is 0 Å². The maximum atomic E-state index is 8.85. The second-order valence-corrected chi connectivity index (χ2v) is 4.94. The summed E-state index contributed by atoms with van der Waals surface area (Å²) in [4.78, 5) is 4.16. The van der Waals surface area contributed by atoms with Gasteiger partial charge in [-0.1, -0.05) is 0 Å². The molecule has 0 atom stereocenters. The van der Waals surface area contributed by atoms with Gasteiger partial charge >= 0.3 is 0 Å². The summed E-state index contributed by atoms with van der Waals surface area (Å²) >= 11 is 1.89. The van der Waals surface area contributed by atoms with Crippen LogP contribution in [0.5, 0.6) is 0 Å². The van der Waals surface area contributed by atoms with E-state index in [2.05, 4.69) is 27.8 Å². The van der Waals surface area contributed by atoms with E-state index in [4.69, 9.17) is 5.26 Å². The van der Waals surface area contributed by atoms with E-state index in [0.717, 1.165) is 22.8 Å². The van der Waals surface area contributed by atoms with E-state index in [0.29, 0.717) is 6.42 Å². The number of rotatable bonds is 2. The van der Waals surface area contributed by atoms with Gasteiger partial charge in [-0.25, -0.2) is 0 Å². The fourth-order valence-corrected chi connectivity index (χ4v) is 3.29. The van der Waals surface area contributed by atoms with Gasteiger partial charge in [-0.2, -0.15) is 5.26 Å². The van der Waals surface area contributed by atoms with E-state index in [9.17, 15) is 0 Å². The van der Waals surface area contributed by atoms with Crippen LogP contribution in [0.15, 0.2) is 30.6 Å². The van der Waals surface area contributed by atoms with Gasteiger partial charge in [0.1, 0.15) is 0 Å². The monoisotopic (exact) mass is 241 g/mol. The van der Waals surface area contributed by atoms with Gasteiger partial charge in [0.25, 0.3) is 0 Å². The number of thioether (sulfide) groups is 1. The molecule has 0 bridgehead atoms. The van der Waals surface area contributed by atoms with Crippen LogP contribution in [-0.4, -0.2) is 9.55 Å². The second kappa shape index (κ2) is 4.27. The smallest absolute Gasteiger partial charge is 0.0689 e. The summed E-state index contributed by atoms with van der Waals surface area (Å²) in [6, 6.07) is 8.38. The largest absolute Gasteiger partial charge is 0.334 e. The summed E-state index contributed by atoms with van der Waals surface area (Å²) in [5, 5.41) is 8.85. The summed E-state index contributed by atoms with van der Waals surface area (Å²) in [6.07, 6.45) is 4.15. The van der Waals surface area contributed by atoms with Crippen molar-refractivity contribution >= 4 is 11.8 Å². The molecule has 0 fully saturated rings. The van der Waals surface area contributed by atoms with Crippen molar-refractivity contribution in [2.24, 2.45) is 0 Å². The molecular weight excluding hydrogens is 230 g/mol. The Kier molecular flexibility index (Phi) is 2.62. The lowest BCUT2D eigenvalue weighted by molar-refractivity contribution is 0.888. The Labute approximate surface area is 104 Å². The average molecular weight is 241 g/mol. The first-order valence-electron chi connectivity index (χ1n) is 5.46. The first kappa shape index (κ1) is 10.4. The molecule has 0 saturated heterocycles. The molecule has 4 heteroatoms. The second-order valence-electron chi connectivity index (χ2n) is 3.98. The summed E-state index contributed by atoms with van der Waals surface area (Å²) in [5.74, 6) is 1.99. The highest BCUT2D eigenvalue weighted by Gasteiger charge is 2.20. The van der Waals surface area contributed by atoms with Gasteiger partial charge in [0.2, 0.25) is 0 Å². The lowest BCUT2D eigenvalue weighted by Gasteiger charge is -2.04. The quantitative estimate of drug-likeness (QED) is 0.811. The van der Waals surface area contributed by atoms with Crippen molar-refractivity contribution in [1.82, 2.24) is 9.55 Å². The number of aromatic nitrogens is 2. The molecule has 0 unspecified atom stereocenters. The molecule has 17 heavy (non-hydrogen) atoms. The first-order valence-corrected chi connectivity index (χ1v) is 6.62. The Morgan fingerprint density at radius 3 is 3.24 bits per heavy atom. The zero-order valence-corrected chi connectivity index (χ0v) is 10.1. The van der Waals surface area contributed by atoms with Crippen LogP contribution in [0.3, 0.4) is 0 Å². The van der Waals surface area contributed by atoms with E-state index in [1.165, 1.54) is 11.4 Å². The molecule has 3 heterocycles. The standard InChI is InChI=1S/C13H11N3S/c14-4-3-10-6-12(11-2-1-5-15-7-11)16-9-17-8-13(10)16/h1-2,5-7H,3,8-9H2. The summed E-state index contributed by atoms with van der Waals surface area (Å²) in [6.45, 7) is 0. The van der Waals surface area contributed by atoms with Gasteiger partial charge < -0.3 is 4.57 Å². The lowest BCUT2D eigenvalue weighted by Crippen LogP contribution is -1.95. The topological polar surface area (TPSA) is 41.6 Å². The highest BCUT2D eigenvalue weighted by atomic mass is 32.2. The van der Waals surface area contributed by atoms with Crippen LogP contribution in [0.1, 0.15) is 11.3 Å². The number of fused-ring (bicyclic) bond motifs is 1. The number of hydrogen-bond donors (Lipinski definition) is 0. The minimum absolute atomic E-state index is 0.496. The van der Waals surface area contributed by atoms with Gasteiger partial charge in [0.15, 0.2) is 0 Å². The van der Waals surface area contributed by atoms with Crippen molar-refractivity contribution < 1.29 is 0 Å². The Morgan fingerprint density at radius 2 is 2.47 bits per heavy atom. The Morgan fingerprint density at radius 1 is 1.53 bits per heavy atom. The van der Waals surface area contributed by atoms with Crippen LogP contribution in [0, 0.1) is 11.3 Å². The Balaban J connectivity index is 2.13. The maximum absolute atomic E-state index is 8.85. The number of nitrogens with zero attached hydrogens (tertiary/aromatic N) is 3. The third-order valence-electron chi connectivity index (χ3n) is 2.98. The Bertz CT molecular complexity index is 581. The number of nitriles is 1. The van der Waals surface area contributed by atoms with Crippen molar-refractivity contribution in [3.63, 3.8) is 0 Å². The van der Waals surface area contributed by atoms with Crippen molar-refractivity contribution in [3.05, 3.63) is 41.9 Å². The van der Waals surface area contributed by atoms with Crippen LogP contribution in [-0.2, 0) is 18.1 Å². The molecule has 0 radical (unpaired) electrons. The van der Waals surface area contributed by atoms with Gasteiger partial charge in [0.05, 0.1) is 24.1 Å². The zero-order valence-electron chi connectivity index (χ0n) is 9.26. The van der Waals surface area contributed by atoms with Crippen molar-refractivity contribution in [1.29, 1.82) is 5.26 Å². The lowest BCUT2D eigenvalue weighted by atomic mass is 10.1. The maximum Gasteiger partial charge on any atom is 0.0689 e. The summed E-state index contributed by atoms with van der Waals surface area (Å²) in [5.41, 5.74) is 4.77. The van der Waals surface area contributed by atoms with Crippen LogP contribution in [0.25, 0.3) is 11.3 Å². The van der Waals surface area contributed by atoms with E-state index >= 15 is 0 Å². The van der Waals surface area contributed by atoms with Gasteiger partial charge in [0, 0.05) is 29.4 Å². The number of pyridine rings is 1. The molecule has 3 rings (SSSR count). The van der Waals surface area contributed by atoms with Crippen LogP contribution >= 0.6 is 11.8 Å². The van der Waals surface area contributed by atoms with E-state index < -0.39 is 0 Å². The molecule has 0 aromatic carbocycles. The minimum Gasteiger partial charge on any atom is -0.334 e. The van der Waals surface area contributed by atoms with E-state index in [1.807, 2.05) is 24.0 Å². The molecule has 1 aliphatic heterocycles. The van der Waals surface area contributed by atoms with Gasteiger partial charge in [-0.05, 0) is 23.8 Å². The molecule has 0 saturated carbocycles. The van der Waals surface area contributed by atoms with Crippen LogP contribution < -0.4 is 0 Å². The Hall–Kier alpha value is -1.73. The normalized spacial score (nSPS) is 13.4. The molecule has 2 aromatic heterocycles. The third kappa shape index (κ3) is 1.73. The molecular formula is C13H11N3S. The molecule has 1 aliphatic rings. The molecule has 0 N–H and O–H groups in total. The van der Waals surface area contributed by atoms with E-state index in [1.54, 1.807) is 6.20 Å². The summed E-state index contributed by atoms with van der Waals surface area (Å²) in [7, 11) is 0. The van der Waals surface area contributed by atoms with Gasteiger partial charge in [-0.15, -0.1) is 11.8 Å². The molecule has 0 amide bonds. The average Bonchev–Trinajstić information content (AvgIpc) is 2.94. The van der Waals surface area contributed by atoms with E-state index in [-0.39, 0.29) is 0 Å². The first-order chi connectivity index (χ1) is 8.40. The highest BCUT2D eigenvalue weighted by molar-refractivity contribution is 7.97. The van der Waals surface area contributed by atoms with Crippen molar-refractivity contribution in [2.75, 3.05) is 0 Å². The van der Waals surface area contributed by atoms with Crippen molar-refractivity contribution in [2.45, 2.75) is 18.1 Å². The molecule has 0 spiro atoms. The third-order valence-corrected chi connectivity index (χ3v) is 3.90. The van der Waals surface area contributed by atoms with Crippen molar-refractivity contribution in [3.8, 4) is 17.3 Å². The fourth-order valence-electron chi connectivity index (χ4n) is 2.19. The zero-order chi connectivity index (χ0) is 11.7. The molecule has 84 valence electrons. The molecule has 0 aliphatic carbocycles. The minimum atomic E-state index is 0.496. The summed E-state index contributed by atoms with van der Waals surface area (Å²) < 4.78 is 2.30. The number of hydrogen-bond acceptors (Lipinski definition) is 3.